The Morgan fingerprint density at radius 1 is 1.26 bits per heavy atom. The zero-order valence-corrected chi connectivity index (χ0v) is 12.1. The Labute approximate surface area is 116 Å². The topological polar surface area (TPSA) is 15.3 Å². The predicted octanol–water partition coefficient (Wildman–Crippen LogP) is 3.70. The Bertz CT molecular complexity index is 400. The number of halogens is 1. The molecule has 3 heteroatoms. The summed E-state index contributed by atoms with van der Waals surface area (Å²) in [6.45, 7) is 3.71. The Morgan fingerprint density at radius 3 is 2.63 bits per heavy atom. The molecular weight excluding hydrogens is 239 g/mol. The summed E-state index contributed by atoms with van der Waals surface area (Å²) in [6.07, 6.45) is 6.43. The van der Waals surface area contributed by atoms with Crippen molar-refractivity contribution < 1.29 is 4.39 Å². The van der Waals surface area contributed by atoms with Gasteiger partial charge in [-0.25, -0.2) is 4.39 Å². The third kappa shape index (κ3) is 3.27. The van der Waals surface area contributed by atoms with Gasteiger partial charge in [0.15, 0.2) is 0 Å². The number of hydrogen-bond acceptors (Lipinski definition) is 2. The summed E-state index contributed by atoms with van der Waals surface area (Å²) in [5.74, 6) is -0.0962. The van der Waals surface area contributed by atoms with E-state index in [0.717, 1.165) is 17.8 Å². The minimum atomic E-state index is -0.0962. The highest BCUT2D eigenvalue weighted by atomic mass is 19.1. The van der Waals surface area contributed by atoms with Gasteiger partial charge in [-0.15, -0.1) is 0 Å². The standard InChI is InChI=1S/C16H25FN2/c1-3-19(13-8-5-4-6-9-13)16-11-7-10-15(17)14(16)12-18-2/h7,10-11,13,18H,3-6,8-9,12H2,1-2H3. The maximum atomic E-state index is 14.0. The Morgan fingerprint density at radius 2 is 2.00 bits per heavy atom. The SMILES string of the molecule is CCN(c1cccc(F)c1CNC)C1CCCCC1. The first kappa shape index (κ1) is 14.3. The van der Waals surface area contributed by atoms with Crippen molar-refractivity contribution in [3.63, 3.8) is 0 Å². The lowest BCUT2D eigenvalue weighted by Gasteiger charge is -2.36. The van der Waals surface area contributed by atoms with Crippen LogP contribution in [0.5, 0.6) is 0 Å². The predicted molar refractivity (Wildman–Crippen MR) is 79.1 cm³/mol. The maximum absolute atomic E-state index is 14.0. The molecule has 0 saturated heterocycles. The van der Waals surface area contributed by atoms with Crippen molar-refractivity contribution in [1.82, 2.24) is 5.32 Å². The van der Waals surface area contributed by atoms with E-state index >= 15 is 0 Å². The van der Waals surface area contributed by atoms with Crippen LogP contribution in [0.2, 0.25) is 0 Å². The molecule has 1 aromatic carbocycles. The molecule has 2 nitrogen and oxygen atoms in total. The molecule has 1 saturated carbocycles. The van der Waals surface area contributed by atoms with E-state index in [9.17, 15) is 4.39 Å². The maximum Gasteiger partial charge on any atom is 0.129 e. The van der Waals surface area contributed by atoms with Gasteiger partial charge in [0.1, 0.15) is 5.82 Å². The van der Waals surface area contributed by atoms with Gasteiger partial charge in [0.05, 0.1) is 0 Å². The number of benzene rings is 1. The first-order valence-electron chi connectivity index (χ1n) is 7.46. The number of anilines is 1. The van der Waals surface area contributed by atoms with Crippen molar-refractivity contribution in [2.24, 2.45) is 0 Å². The van der Waals surface area contributed by atoms with E-state index in [1.165, 1.54) is 32.1 Å². The summed E-state index contributed by atoms with van der Waals surface area (Å²) in [5, 5.41) is 3.08. The molecule has 1 N–H and O–H groups in total. The van der Waals surface area contributed by atoms with Gasteiger partial charge in [0.2, 0.25) is 0 Å². The second-order valence-corrected chi connectivity index (χ2v) is 5.35. The van der Waals surface area contributed by atoms with Crippen LogP contribution in [0.1, 0.15) is 44.6 Å². The second-order valence-electron chi connectivity index (χ2n) is 5.35. The molecular formula is C16H25FN2. The molecule has 19 heavy (non-hydrogen) atoms. The summed E-state index contributed by atoms with van der Waals surface area (Å²) in [4.78, 5) is 2.40. The fraction of sp³-hybridized carbons (Fsp3) is 0.625. The van der Waals surface area contributed by atoms with E-state index in [-0.39, 0.29) is 5.82 Å². The van der Waals surface area contributed by atoms with E-state index in [1.54, 1.807) is 6.07 Å². The number of rotatable bonds is 5. The normalized spacial score (nSPS) is 16.6. The molecule has 0 spiro atoms. The molecule has 2 rings (SSSR count). The summed E-state index contributed by atoms with van der Waals surface area (Å²) >= 11 is 0. The van der Waals surface area contributed by atoms with Gasteiger partial charge in [-0.3, -0.25) is 0 Å². The largest absolute Gasteiger partial charge is 0.368 e. The zero-order chi connectivity index (χ0) is 13.7. The Hall–Kier alpha value is -1.09. The fourth-order valence-electron chi connectivity index (χ4n) is 3.19. The molecule has 1 fully saturated rings. The lowest BCUT2D eigenvalue weighted by Crippen LogP contribution is -2.37. The number of hydrogen-bond donors (Lipinski definition) is 1. The summed E-state index contributed by atoms with van der Waals surface area (Å²) in [7, 11) is 1.87. The summed E-state index contributed by atoms with van der Waals surface area (Å²) in [6, 6.07) is 6.03. The lowest BCUT2D eigenvalue weighted by molar-refractivity contribution is 0.417. The number of nitrogens with zero attached hydrogens (tertiary/aromatic N) is 1. The van der Waals surface area contributed by atoms with E-state index in [0.29, 0.717) is 12.6 Å². The second kappa shape index (κ2) is 6.90. The molecule has 0 radical (unpaired) electrons. The quantitative estimate of drug-likeness (QED) is 0.872. The summed E-state index contributed by atoms with van der Waals surface area (Å²) in [5.41, 5.74) is 1.88. The smallest absolute Gasteiger partial charge is 0.129 e. The average molecular weight is 264 g/mol. The third-order valence-electron chi connectivity index (χ3n) is 4.11. The van der Waals surface area contributed by atoms with Gasteiger partial charge in [-0.05, 0) is 38.9 Å². The number of nitrogens with one attached hydrogen (secondary N) is 1. The molecule has 0 atom stereocenters. The Kier molecular flexibility index (Phi) is 5.20. The lowest BCUT2D eigenvalue weighted by atomic mass is 9.93. The first-order chi connectivity index (χ1) is 9.27. The average Bonchev–Trinajstić information content (AvgIpc) is 2.44. The minimum absolute atomic E-state index is 0.0962. The van der Waals surface area contributed by atoms with E-state index < -0.39 is 0 Å². The highest BCUT2D eigenvalue weighted by Gasteiger charge is 2.22. The van der Waals surface area contributed by atoms with Crippen molar-refractivity contribution in [1.29, 1.82) is 0 Å². The highest BCUT2D eigenvalue weighted by Crippen LogP contribution is 2.30. The van der Waals surface area contributed by atoms with E-state index in [2.05, 4.69) is 23.2 Å². The van der Waals surface area contributed by atoms with Gasteiger partial charge in [0.25, 0.3) is 0 Å². The molecule has 0 heterocycles. The van der Waals surface area contributed by atoms with Crippen molar-refractivity contribution in [2.45, 2.75) is 51.6 Å². The van der Waals surface area contributed by atoms with Gasteiger partial charge in [-0.1, -0.05) is 25.3 Å². The Balaban J connectivity index is 2.28. The monoisotopic (exact) mass is 264 g/mol. The molecule has 1 aliphatic carbocycles. The van der Waals surface area contributed by atoms with Crippen LogP contribution in [-0.4, -0.2) is 19.6 Å². The molecule has 1 aliphatic rings. The summed E-state index contributed by atoms with van der Waals surface area (Å²) < 4.78 is 14.0. The van der Waals surface area contributed by atoms with Crippen molar-refractivity contribution in [3.8, 4) is 0 Å². The molecule has 0 bridgehead atoms. The van der Waals surface area contributed by atoms with Crippen molar-refractivity contribution in [3.05, 3.63) is 29.6 Å². The van der Waals surface area contributed by atoms with Crippen LogP contribution in [-0.2, 0) is 6.54 Å². The fourth-order valence-corrected chi connectivity index (χ4v) is 3.19. The highest BCUT2D eigenvalue weighted by molar-refractivity contribution is 5.55. The van der Waals surface area contributed by atoms with Gasteiger partial charge in [0, 0.05) is 30.4 Å². The molecule has 1 aromatic rings. The van der Waals surface area contributed by atoms with Crippen LogP contribution in [0.4, 0.5) is 10.1 Å². The van der Waals surface area contributed by atoms with Gasteiger partial charge in [-0.2, -0.15) is 0 Å². The van der Waals surface area contributed by atoms with Crippen LogP contribution < -0.4 is 10.2 Å². The van der Waals surface area contributed by atoms with Crippen LogP contribution >= 0.6 is 0 Å². The van der Waals surface area contributed by atoms with Gasteiger partial charge < -0.3 is 10.2 Å². The van der Waals surface area contributed by atoms with Crippen molar-refractivity contribution in [2.75, 3.05) is 18.5 Å². The van der Waals surface area contributed by atoms with Crippen LogP contribution in [0, 0.1) is 5.82 Å². The van der Waals surface area contributed by atoms with Crippen molar-refractivity contribution >= 4 is 5.69 Å². The van der Waals surface area contributed by atoms with Crippen LogP contribution in [0.3, 0.4) is 0 Å². The minimum Gasteiger partial charge on any atom is -0.368 e. The third-order valence-corrected chi connectivity index (χ3v) is 4.11. The van der Waals surface area contributed by atoms with Crippen LogP contribution in [0.15, 0.2) is 18.2 Å². The molecule has 0 amide bonds. The van der Waals surface area contributed by atoms with Gasteiger partial charge >= 0.3 is 0 Å². The molecule has 106 valence electrons. The first-order valence-corrected chi connectivity index (χ1v) is 7.46. The molecule has 0 aromatic heterocycles. The molecule has 0 aliphatic heterocycles. The van der Waals surface area contributed by atoms with E-state index in [1.807, 2.05) is 13.1 Å². The zero-order valence-electron chi connectivity index (χ0n) is 12.1. The molecule has 0 unspecified atom stereocenters. The van der Waals surface area contributed by atoms with Crippen LogP contribution in [0.25, 0.3) is 0 Å². The van der Waals surface area contributed by atoms with E-state index in [4.69, 9.17) is 0 Å².